The van der Waals surface area contributed by atoms with Crippen molar-refractivity contribution in [1.29, 1.82) is 0 Å². The van der Waals surface area contributed by atoms with Gasteiger partial charge in [-0.15, -0.1) is 0 Å². The molecular formula is C14H23N3. The Labute approximate surface area is 104 Å². The Morgan fingerprint density at radius 3 is 2.82 bits per heavy atom. The van der Waals surface area contributed by atoms with Crippen LogP contribution in [0.2, 0.25) is 0 Å². The third-order valence-electron chi connectivity index (χ3n) is 3.77. The minimum atomic E-state index is 0.593. The fraction of sp³-hybridized carbons (Fsp3) is 0.714. The van der Waals surface area contributed by atoms with E-state index in [0.29, 0.717) is 5.92 Å². The lowest BCUT2D eigenvalue weighted by molar-refractivity contribution is 0.515. The molecule has 3 nitrogen and oxygen atoms in total. The molecule has 0 aromatic carbocycles. The van der Waals surface area contributed by atoms with Gasteiger partial charge in [-0.05, 0) is 45.2 Å². The molecule has 1 aliphatic carbocycles. The third-order valence-corrected chi connectivity index (χ3v) is 3.77. The maximum absolute atomic E-state index is 4.70. The van der Waals surface area contributed by atoms with Crippen LogP contribution >= 0.6 is 0 Å². The van der Waals surface area contributed by atoms with E-state index in [9.17, 15) is 0 Å². The highest BCUT2D eigenvalue weighted by Gasteiger charge is 2.26. The monoisotopic (exact) mass is 233 g/mol. The van der Waals surface area contributed by atoms with Crippen molar-refractivity contribution in [2.75, 3.05) is 7.05 Å². The molecular weight excluding hydrogens is 210 g/mol. The van der Waals surface area contributed by atoms with Crippen molar-refractivity contribution in [3.05, 3.63) is 23.3 Å². The lowest BCUT2D eigenvalue weighted by Gasteiger charge is -2.11. The Balaban J connectivity index is 2.15. The molecule has 2 unspecified atom stereocenters. The Morgan fingerprint density at radius 1 is 1.35 bits per heavy atom. The second kappa shape index (κ2) is 5.58. The van der Waals surface area contributed by atoms with Gasteiger partial charge in [-0.3, -0.25) is 0 Å². The van der Waals surface area contributed by atoms with Gasteiger partial charge in [-0.1, -0.05) is 13.3 Å². The molecule has 2 atom stereocenters. The molecule has 17 heavy (non-hydrogen) atoms. The van der Waals surface area contributed by atoms with Crippen LogP contribution in [0.5, 0.6) is 0 Å². The maximum Gasteiger partial charge on any atom is 0.131 e. The van der Waals surface area contributed by atoms with E-state index in [1.54, 1.807) is 0 Å². The number of hydrogen-bond donors (Lipinski definition) is 1. The first-order valence-electron chi connectivity index (χ1n) is 6.72. The molecule has 1 aromatic rings. The number of aryl methyl sites for hydroxylation is 1. The lowest BCUT2D eigenvalue weighted by atomic mass is 10.0. The van der Waals surface area contributed by atoms with E-state index in [1.165, 1.54) is 25.7 Å². The Kier molecular flexibility index (Phi) is 4.11. The van der Waals surface area contributed by atoms with Crippen LogP contribution in [0.4, 0.5) is 0 Å². The first kappa shape index (κ1) is 12.5. The maximum atomic E-state index is 4.70. The van der Waals surface area contributed by atoms with E-state index in [4.69, 9.17) is 4.98 Å². The number of rotatable bonds is 4. The number of aromatic nitrogens is 2. The normalized spacial score (nSPS) is 24.2. The van der Waals surface area contributed by atoms with Crippen LogP contribution in [-0.2, 0) is 6.54 Å². The second-order valence-corrected chi connectivity index (χ2v) is 5.17. The highest BCUT2D eigenvalue weighted by Crippen LogP contribution is 2.38. The molecule has 94 valence electrons. The largest absolute Gasteiger partial charge is 0.314 e. The van der Waals surface area contributed by atoms with Crippen LogP contribution in [0.1, 0.15) is 55.7 Å². The summed E-state index contributed by atoms with van der Waals surface area (Å²) < 4.78 is 0. The van der Waals surface area contributed by atoms with Crippen LogP contribution in [0.25, 0.3) is 0 Å². The number of hydrogen-bond acceptors (Lipinski definition) is 3. The van der Waals surface area contributed by atoms with Crippen molar-refractivity contribution in [1.82, 2.24) is 15.3 Å². The average Bonchev–Trinajstić information content (AvgIpc) is 2.77. The van der Waals surface area contributed by atoms with Crippen molar-refractivity contribution in [3.63, 3.8) is 0 Å². The highest BCUT2D eigenvalue weighted by molar-refractivity contribution is 5.13. The van der Waals surface area contributed by atoms with E-state index < -0.39 is 0 Å². The summed E-state index contributed by atoms with van der Waals surface area (Å²) in [5.41, 5.74) is 2.22. The summed E-state index contributed by atoms with van der Waals surface area (Å²) in [5, 5.41) is 3.16. The molecule has 3 heteroatoms. The van der Waals surface area contributed by atoms with E-state index in [0.717, 1.165) is 29.7 Å². The fourth-order valence-electron chi connectivity index (χ4n) is 2.79. The summed E-state index contributed by atoms with van der Waals surface area (Å²) in [5.74, 6) is 2.55. The molecule has 1 aliphatic rings. The van der Waals surface area contributed by atoms with Crippen LogP contribution < -0.4 is 5.32 Å². The summed E-state index contributed by atoms with van der Waals surface area (Å²) in [6, 6.07) is 2.08. The molecule has 1 aromatic heterocycles. The van der Waals surface area contributed by atoms with Crippen molar-refractivity contribution in [3.8, 4) is 0 Å². The van der Waals surface area contributed by atoms with E-state index in [-0.39, 0.29) is 0 Å². The molecule has 1 N–H and O–H groups in total. The van der Waals surface area contributed by atoms with Crippen LogP contribution in [0.3, 0.4) is 0 Å². The molecule has 2 rings (SSSR count). The summed E-state index contributed by atoms with van der Waals surface area (Å²) in [4.78, 5) is 9.33. The third kappa shape index (κ3) is 3.03. The summed E-state index contributed by atoms with van der Waals surface area (Å²) >= 11 is 0. The minimum absolute atomic E-state index is 0.593. The van der Waals surface area contributed by atoms with Crippen LogP contribution in [0, 0.1) is 12.8 Å². The topological polar surface area (TPSA) is 37.8 Å². The Bertz CT molecular complexity index is 376. The molecule has 0 bridgehead atoms. The minimum Gasteiger partial charge on any atom is -0.314 e. The van der Waals surface area contributed by atoms with Gasteiger partial charge in [0.25, 0.3) is 0 Å². The van der Waals surface area contributed by atoms with E-state index >= 15 is 0 Å². The second-order valence-electron chi connectivity index (χ2n) is 5.17. The van der Waals surface area contributed by atoms with Gasteiger partial charge in [0.15, 0.2) is 0 Å². The van der Waals surface area contributed by atoms with Gasteiger partial charge >= 0.3 is 0 Å². The number of nitrogens with zero attached hydrogens (tertiary/aromatic N) is 2. The predicted molar refractivity (Wildman–Crippen MR) is 69.9 cm³/mol. The average molecular weight is 233 g/mol. The number of nitrogens with one attached hydrogen (secondary N) is 1. The van der Waals surface area contributed by atoms with Gasteiger partial charge in [0.2, 0.25) is 0 Å². The van der Waals surface area contributed by atoms with E-state index in [2.05, 4.69) is 30.2 Å². The Morgan fingerprint density at radius 2 is 2.18 bits per heavy atom. The van der Waals surface area contributed by atoms with Crippen molar-refractivity contribution >= 4 is 0 Å². The summed E-state index contributed by atoms with van der Waals surface area (Å²) in [7, 11) is 1.96. The molecule has 1 heterocycles. The first-order chi connectivity index (χ1) is 8.22. The summed E-state index contributed by atoms with van der Waals surface area (Å²) in [6.07, 6.45) is 5.19. The van der Waals surface area contributed by atoms with E-state index in [1.807, 2.05) is 7.05 Å². The Hall–Kier alpha value is -0.960. The zero-order valence-corrected chi connectivity index (χ0v) is 11.2. The van der Waals surface area contributed by atoms with Gasteiger partial charge in [0, 0.05) is 18.2 Å². The summed E-state index contributed by atoms with van der Waals surface area (Å²) in [6.45, 7) is 5.19. The molecule has 0 spiro atoms. The fourth-order valence-corrected chi connectivity index (χ4v) is 2.79. The molecule has 0 aliphatic heterocycles. The lowest BCUT2D eigenvalue weighted by Crippen LogP contribution is -2.11. The molecule has 0 saturated heterocycles. The predicted octanol–water partition coefficient (Wildman–Crippen LogP) is 2.80. The van der Waals surface area contributed by atoms with Crippen molar-refractivity contribution in [2.24, 2.45) is 5.92 Å². The van der Waals surface area contributed by atoms with Gasteiger partial charge in [0.1, 0.15) is 5.82 Å². The zero-order valence-electron chi connectivity index (χ0n) is 11.2. The highest BCUT2D eigenvalue weighted by atomic mass is 14.9. The molecule has 0 radical (unpaired) electrons. The molecule has 0 amide bonds. The van der Waals surface area contributed by atoms with Crippen molar-refractivity contribution < 1.29 is 0 Å². The van der Waals surface area contributed by atoms with Gasteiger partial charge in [-0.25, -0.2) is 9.97 Å². The molecule has 1 saturated carbocycles. The zero-order chi connectivity index (χ0) is 12.3. The van der Waals surface area contributed by atoms with Gasteiger partial charge in [0.05, 0.1) is 5.69 Å². The van der Waals surface area contributed by atoms with Crippen LogP contribution in [0.15, 0.2) is 6.07 Å². The quantitative estimate of drug-likeness (QED) is 0.869. The molecule has 1 fully saturated rings. The smallest absolute Gasteiger partial charge is 0.131 e. The van der Waals surface area contributed by atoms with Crippen LogP contribution in [-0.4, -0.2) is 17.0 Å². The van der Waals surface area contributed by atoms with Gasteiger partial charge < -0.3 is 5.32 Å². The SMILES string of the molecule is CCC1CCC(c2nc(C)cc(CNC)n2)C1. The first-order valence-corrected chi connectivity index (χ1v) is 6.72. The van der Waals surface area contributed by atoms with Gasteiger partial charge in [-0.2, -0.15) is 0 Å². The standard InChI is InChI=1S/C14H23N3/c1-4-11-5-6-12(8-11)14-16-10(2)7-13(17-14)9-15-3/h7,11-12,15H,4-6,8-9H2,1-3H3. The van der Waals surface area contributed by atoms with Crippen molar-refractivity contribution in [2.45, 2.75) is 52.0 Å².